The van der Waals surface area contributed by atoms with Crippen LogP contribution in [0, 0.1) is 17.7 Å². The Morgan fingerprint density at radius 1 is 1.19 bits per heavy atom. The van der Waals surface area contributed by atoms with Crippen LogP contribution in [0.15, 0.2) is 47.8 Å². The van der Waals surface area contributed by atoms with E-state index in [-0.39, 0.29) is 29.7 Å². The third kappa shape index (κ3) is 5.12. The molecule has 0 bridgehead atoms. The summed E-state index contributed by atoms with van der Waals surface area (Å²) in [6, 6.07) is 14.6. The number of ether oxygens (including phenoxy) is 1. The molecular formula is C29H35FN4O2S. The highest BCUT2D eigenvalue weighted by Gasteiger charge is 2.43. The van der Waals surface area contributed by atoms with Crippen molar-refractivity contribution in [3.05, 3.63) is 64.8 Å². The number of carbonyl (C=O) groups excluding carboxylic acids is 1. The second-order valence-corrected chi connectivity index (χ2v) is 11.7. The molecule has 5 atom stereocenters. The minimum Gasteiger partial charge on any atom is -0.496 e. The molecule has 4 unspecified atom stereocenters. The molecule has 8 heteroatoms. The summed E-state index contributed by atoms with van der Waals surface area (Å²) < 4.78 is 21.2. The first-order chi connectivity index (χ1) is 18.1. The molecule has 6 nitrogen and oxygen atoms in total. The number of hydrogen-bond donors (Lipinski definition) is 3. The molecule has 196 valence electrons. The molecule has 37 heavy (non-hydrogen) atoms. The van der Waals surface area contributed by atoms with E-state index in [1.807, 2.05) is 0 Å². The number of halogens is 1. The van der Waals surface area contributed by atoms with Crippen molar-refractivity contribution in [1.29, 1.82) is 0 Å². The van der Waals surface area contributed by atoms with Gasteiger partial charge in [-0.25, -0.2) is 9.82 Å². The van der Waals surface area contributed by atoms with Crippen molar-refractivity contribution in [1.82, 2.24) is 21.1 Å². The first kappa shape index (κ1) is 24.8. The largest absolute Gasteiger partial charge is 0.496 e. The summed E-state index contributed by atoms with van der Waals surface area (Å²) >= 11 is 1.77. The topological polar surface area (TPSA) is 65.6 Å². The minimum atomic E-state index is -0.242. The molecular weight excluding hydrogens is 487 g/mol. The first-order valence-corrected chi connectivity index (χ1v) is 14.3. The Morgan fingerprint density at radius 2 is 2.11 bits per heavy atom. The molecule has 3 N–H and O–H groups in total. The number of thiophene rings is 1. The Morgan fingerprint density at radius 3 is 3.00 bits per heavy atom. The average Bonchev–Trinajstić information content (AvgIpc) is 3.56. The SMILES string of the molecule is COc1cccc(F)c1CN1CCC[C@@H](NC(=O)C2CCC3NNC(c4ccc5sccc5c4)C3C2)C1. The van der Waals surface area contributed by atoms with Crippen LogP contribution < -0.4 is 20.9 Å². The zero-order valence-corrected chi connectivity index (χ0v) is 22.0. The Bertz CT molecular complexity index is 1270. The molecule has 1 amide bonds. The van der Waals surface area contributed by atoms with E-state index >= 15 is 0 Å². The number of carbonyl (C=O) groups is 1. The summed E-state index contributed by atoms with van der Waals surface area (Å²) in [7, 11) is 1.58. The van der Waals surface area contributed by atoms with Crippen molar-refractivity contribution in [3.63, 3.8) is 0 Å². The van der Waals surface area contributed by atoms with Gasteiger partial charge in [-0.05, 0) is 91.2 Å². The highest BCUT2D eigenvalue weighted by Crippen LogP contribution is 2.41. The van der Waals surface area contributed by atoms with E-state index < -0.39 is 0 Å². The maximum Gasteiger partial charge on any atom is 0.223 e. The highest BCUT2D eigenvalue weighted by molar-refractivity contribution is 7.17. The smallest absolute Gasteiger partial charge is 0.223 e. The molecule has 2 aliphatic heterocycles. The molecule has 3 aliphatic rings. The Hall–Kier alpha value is -2.52. The summed E-state index contributed by atoms with van der Waals surface area (Å²) in [5, 5.41) is 6.78. The normalized spacial score (nSPS) is 28.2. The van der Waals surface area contributed by atoms with Gasteiger partial charge in [0.1, 0.15) is 11.6 Å². The highest BCUT2D eigenvalue weighted by atomic mass is 32.1. The minimum absolute atomic E-state index is 0.0253. The molecule has 3 heterocycles. The summed E-state index contributed by atoms with van der Waals surface area (Å²) in [4.78, 5) is 15.6. The van der Waals surface area contributed by atoms with Gasteiger partial charge in [0.15, 0.2) is 0 Å². The molecule has 0 radical (unpaired) electrons. The standard InChI is InChI=1S/C29H35FN4O2S/c1-36-26-6-2-5-24(30)23(26)17-34-12-3-4-21(16-34)31-29(35)20-7-9-25-22(15-20)28(33-32-25)19-8-10-27-18(14-19)11-13-37-27/h2,5-6,8,10-11,13-14,20-22,25,28,32-33H,3-4,7,9,12,15-17H2,1H3,(H,31,35)/t20?,21-,22?,25?,28?/m1/s1. The molecule has 1 aromatic heterocycles. The fourth-order valence-corrected chi connectivity index (χ4v) is 7.32. The maximum atomic E-state index is 14.5. The number of amides is 1. The number of likely N-dealkylation sites (tertiary alicyclic amines) is 1. The van der Waals surface area contributed by atoms with Gasteiger partial charge in [-0.15, -0.1) is 11.3 Å². The number of hydrogen-bond acceptors (Lipinski definition) is 6. The van der Waals surface area contributed by atoms with Crippen LogP contribution in [-0.4, -0.2) is 43.1 Å². The number of benzene rings is 2. The zero-order valence-electron chi connectivity index (χ0n) is 21.2. The lowest BCUT2D eigenvalue weighted by molar-refractivity contribution is -0.127. The number of methoxy groups -OCH3 is 1. The number of fused-ring (bicyclic) bond motifs is 2. The van der Waals surface area contributed by atoms with E-state index in [2.05, 4.69) is 50.7 Å². The lowest BCUT2D eigenvalue weighted by Crippen LogP contribution is -2.50. The molecule has 1 saturated carbocycles. The van der Waals surface area contributed by atoms with E-state index in [4.69, 9.17) is 4.74 Å². The van der Waals surface area contributed by atoms with E-state index in [0.29, 0.717) is 29.8 Å². The summed E-state index contributed by atoms with van der Waals surface area (Å²) in [6.45, 7) is 2.11. The van der Waals surface area contributed by atoms with E-state index in [0.717, 1.165) is 45.2 Å². The molecule has 2 saturated heterocycles. The Labute approximate surface area is 221 Å². The number of nitrogens with one attached hydrogen (secondary N) is 3. The monoisotopic (exact) mass is 522 g/mol. The molecule has 3 fully saturated rings. The van der Waals surface area contributed by atoms with Crippen LogP contribution in [-0.2, 0) is 11.3 Å². The summed E-state index contributed by atoms with van der Waals surface area (Å²) in [5.41, 5.74) is 8.91. The summed E-state index contributed by atoms with van der Waals surface area (Å²) in [5.74, 6) is 0.921. The number of rotatable bonds is 6. The predicted molar refractivity (Wildman–Crippen MR) is 145 cm³/mol. The lowest BCUT2D eigenvalue weighted by Gasteiger charge is -2.36. The third-order valence-corrected chi connectivity index (χ3v) is 9.39. The fraction of sp³-hybridized carbons (Fsp3) is 0.483. The quantitative estimate of drug-likeness (QED) is 0.436. The van der Waals surface area contributed by atoms with Crippen molar-refractivity contribution >= 4 is 27.3 Å². The van der Waals surface area contributed by atoms with Gasteiger partial charge in [-0.3, -0.25) is 15.1 Å². The maximum absolute atomic E-state index is 14.5. The van der Waals surface area contributed by atoms with Gasteiger partial charge in [0.25, 0.3) is 0 Å². The number of nitrogens with zero attached hydrogens (tertiary/aromatic N) is 1. The average molecular weight is 523 g/mol. The lowest BCUT2D eigenvalue weighted by atomic mass is 9.74. The van der Waals surface area contributed by atoms with Crippen LogP contribution in [0.4, 0.5) is 4.39 Å². The fourth-order valence-electron chi connectivity index (χ4n) is 6.55. The van der Waals surface area contributed by atoms with Crippen molar-refractivity contribution < 1.29 is 13.9 Å². The van der Waals surface area contributed by atoms with Crippen molar-refractivity contribution in [2.45, 2.75) is 56.8 Å². The molecule has 6 rings (SSSR count). The number of hydrazine groups is 1. The van der Waals surface area contributed by atoms with Crippen molar-refractivity contribution in [3.8, 4) is 5.75 Å². The zero-order chi connectivity index (χ0) is 25.4. The second-order valence-electron chi connectivity index (χ2n) is 10.8. The van der Waals surface area contributed by atoms with Gasteiger partial charge in [0.2, 0.25) is 5.91 Å². The van der Waals surface area contributed by atoms with Gasteiger partial charge in [-0.2, -0.15) is 0 Å². The third-order valence-electron chi connectivity index (χ3n) is 8.49. The van der Waals surface area contributed by atoms with E-state index in [1.54, 1.807) is 30.6 Å². The summed E-state index contributed by atoms with van der Waals surface area (Å²) in [6.07, 6.45) is 4.73. The Balaban J connectivity index is 1.08. The van der Waals surface area contributed by atoms with Gasteiger partial charge >= 0.3 is 0 Å². The molecule has 1 aliphatic carbocycles. The van der Waals surface area contributed by atoms with E-state index in [9.17, 15) is 9.18 Å². The second kappa shape index (κ2) is 10.7. The van der Waals surface area contributed by atoms with Gasteiger partial charge < -0.3 is 10.1 Å². The number of piperidine rings is 1. The van der Waals surface area contributed by atoms with Crippen LogP contribution in [0.25, 0.3) is 10.1 Å². The van der Waals surface area contributed by atoms with Crippen LogP contribution in [0.5, 0.6) is 5.75 Å². The van der Waals surface area contributed by atoms with Gasteiger partial charge in [-0.1, -0.05) is 12.1 Å². The van der Waals surface area contributed by atoms with E-state index in [1.165, 1.54) is 21.7 Å². The molecule has 2 aromatic carbocycles. The predicted octanol–water partition coefficient (Wildman–Crippen LogP) is 4.76. The molecule has 3 aromatic rings. The van der Waals surface area contributed by atoms with Crippen molar-refractivity contribution in [2.75, 3.05) is 20.2 Å². The van der Waals surface area contributed by atoms with Crippen LogP contribution in [0.2, 0.25) is 0 Å². The Kier molecular flexibility index (Phi) is 7.16. The van der Waals surface area contributed by atoms with Crippen LogP contribution >= 0.6 is 11.3 Å². The van der Waals surface area contributed by atoms with Crippen LogP contribution in [0.3, 0.4) is 0 Å². The first-order valence-electron chi connectivity index (χ1n) is 13.4. The molecule has 0 spiro atoms. The van der Waals surface area contributed by atoms with Gasteiger partial charge in [0, 0.05) is 41.4 Å². The van der Waals surface area contributed by atoms with Crippen LogP contribution in [0.1, 0.15) is 49.3 Å². The van der Waals surface area contributed by atoms with Gasteiger partial charge in [0.05, 0.1) is 13.2 Å². The van der Waals surface area contributed by atoms with Crippen molar-refractivity contribution in [2.24, 2.45) is 11.8 Å².